The summed E-state index contributed by atoms with van der Waals surface area (Å²) in [6.45, 7) is 0.374. The lowest BCUT2D eigenvalue weighted by molar-refractivity contribution is 0.0600. The minimum atomic E-state index is -3.77. The van der Waals surface area contributed by atoms with Crippen LogP contribution < -0.4 is 4.74 Å². The second kappa shape index (κ2) is 9.56. The van der Waals surface area contributed by atoms with Crippen molar-refractivity contribution in [1.29, 1.82) is 0 Å². The first kappa shape index (κ1) is 21.5. The topological polar surface area (TPSA) is 72.9 Å². The summed E-state index contributed by atoms with van der Waals surface area (Å²) < 4.78 is 38.0. The Morgan fingerprint density at radius 1 is 0.800 bits per heavy atom. The third kappa shape index (κ3) is 5.06. The highest BCUT2D eigenvalue weighted by Gasteiger charge is 2.25. The van der Waals surface area contributed by atoms with E-state index in [-0.39, 0.29) is 18.0 Å². The van der Waals surface area contributed by atoms with Crippen molar-refractivity contribution in [2.24, 2.45) is 0 Å². The Balaban J connectivity index is 1.92. The summed E-state index contributed by atoms with van der Waals surface area (Å²) in [4.78, 5) is 11.8. The Bertz CT molecular complexity index is 1080. The lowest BCUT2D eigenvalue weighted by atomic mass is 10.1. The zero-order valence-electron chi connectivity index (χ0n) is 16.8. The minimum Gasteiger partial charge on any atom is -0.497 e. The molecule has 0 aliphatic heterocycles. The van der Waals surface area contributed by atoms with E-state index in [2.05, 4.69) is 0 Å². The molecule has 30 heavy (non-hydrogen) atoms. The summed E-state index contributed by atoms with van der Waals surface area (Å²) in [5.74, 6) is 0.149. The molecule has 0 aromatic heterocycles. The Hall–Kier alpha value is -3.16. The van der Waals surface area contributed by atoms with E-state index in [4.69, 9.17) is 9.47 Å². The fourth-order valence-electron chi connectivity index (χ4n) is 2.98. The van der Waals surface area contributed by atoms with E-state index in [1.54, 1.807) is 36.4 Å². The summed E-state index contributed by atoms with van der Waals surface area (Å²) in [6, 6.07) is 22.4. The van der Waals surface area contributed by atoms with E-state index in [1.807, 2.05) is 30.3 Å². The second-order valence-electron chi connectivity index (χ2n) is 6.62. The maximum atomic E-state index is 13.4. The van der Waals surface area contributed by atoms with Crippen LogP contribution in [0, 0.1) is 0 Å². The van der Waals surface area contributed by atoms with Crippen molar-refractivity contribution in [1.82, 2.24) is 4.31 Å². The first-order valence-corrected chi connectivity index (χ1v) is 10.7. The smallest absolute Gasteiger partial charge is 0.337 e. The van der Waals surface area contributed by atoms with Gasteiger partial charge in [-0.1, -0.05) is 42.5 Å². The molecule has 7 heteroatoms. The molecule has 0 saturated heterocycles. The highest BCUT2D eigenvalue weighted by molar-refractivity contribution is 7.89. The van der Waals surface area contributed by atoms with Crippen LogP contribution in [0.1, 0.15) is 21.5 Å². The molecule has 156 valence electrons. The minimum absolute atomic E-state index is 0.157. The number of sulfonamides is 1. The van der Waals surface area contributed by atoms with E-state index < -0.39 is 16.0 Å². The number of carbonyl (C=O) groups excluding carboxylic acids is 1. The van der Waals surface area contributed by atoms with Crippen LogP contribution in [0.25, 0.3) is 0 Å². The van der Waals surface area contributed by atoms with Gasteiger partial charge in [0, 0.05) is 13.1 Å². The van der Waals surface area contributed by atoms with E-state index in [9.17, 15) is 13.2 Å². The number of hydrogen-bond acceptors (Lipinski definition) is 5. The van der Waals surface area contributed by atoms with Crippen LogP contribution in [0.4, 0.5) is 0 Å². The number of carbonyl (C=O) groups is 1. The molecule has 0 bridgehead atoms. The largest absolute Gasteiger partial charge is 0.497 e. The van der Waals surface area contributed by atoms with Gasteiger partial charge in [0.05, 0.1) is 24.7 Å². The molecule has 3 aromatic carbocycles. The van der Waals surface area contributed by atoms with Crippen molar-refractivity contribution in [3.05, 3.63) is 95.6 Å². The number of rotatable bonds is 8. The molecule has 0 N–H and O–H groups in total. The van der Waals surface area contributed by atoms with Crippen molar-refractivity contribution in [3.63, 3.8) is 0 Å². The lowest BCUT2D eigenvalue weighted by Crippen LogP contribution is -2.30. The first-order valence-electron chi connectivity index (χ1n) is 9.29. The first-order chi connectivity index (χ1) is 14.4. The fraction of sp³-hybridized carbons (Fsp3) is 0.174. The molecule has 0 heterocycles. The van der Waals surface area contributed by atoms with Crippen LogP contribution >= 0.6 is 0 Å². The van der Waals surface area contributed by atoms with Gasteiger partial charge < -0.3 is 9.47 Å². The van der Waals surface area contributed by atoms with Gasteiger partial charge in [0.25, 0.3) is 0 Å². The Labute approximate surface area is 176 Å². The normalized spacial score (nSPS) is 11.3. The molecule has 6 nitrogen and oxygen atoms in total. The third-order valence-corrected chi connectivity index (χ3v) is 6.44. The van der Waals surface area contributed by atoms with Gasteiger partial charge >= 0.3 is 5.97 Å². The molecule has 0 unspecified atom stereocenters. The molecule has 0 atom stereocenters. The monoisotopic (exact) mass is 425 g/mol. The van der Waals surface area contributed by atoms with Crippen molar-refractivity contribution in [3.8, 4) is 5.75 Å². The number of nitrogens with zero attached hydrogens (tertiary/aromatic N) is 1. The molecule has 0 amide bonds. The van der Waals surface area contributed by atoms with Crippen LogP contribution in [0.5, 0.6) is 5.75 Å². The van der Waals surface area contributed by atoms with Crippen molar-refractivity contribution < 1.29 is 22.7 Å². The van der Waals surface area contributed by atoms with Crippen molar-refractivity contribution in [2.75, 3.05) is 14.2 Å². The number of methoxy groups -OCH3 is 2. The third-order valence-electron chi connectivity index (χ3n) is 4.63. The zero-order chi connectivity index (χ0) is 21.6. The van der Waals surface area contributed by atoms with E-state index >= 15 is 0 Å². The van der Waals surface area contributed by atoms with Gasteiger partial charge in [-0.15, -0.1) is 0 Å². The summed E-state index contributed by atoms with van der Waals surface area (Å²) in [6.07, 6.45) is 0. The highest BCUT2D eigenvalue weighted by atomic mass is 32.2. The zero-order valence-corrected chi connectivity index (χ0v) is 17.6. The van der Waals surface area contributed by atoms with Crippen LogP contribution in [0.3, 0.4) is 0 Å². The molecule has 0 aliphatic rings. The molecule has 0 aliphatic carbocycles. The molecule has 3 aromatic rings. The molecule has 0 spiro atoms. The van der Waals surface area contributed by atoms with Gasteiger partial charge in [-0.25, -0.2) is 13.2 Å². The molecule has 0 radical (unpaired) electrons. The number of ether oxygens (including phenoxy) is 2. The highest BCUT2D eigenvalue weighted by Crippen LogP contribution is 2.23. The quantitative estimate of drug-likeness (QED) is 0.512. The molecule has 0 saturated carbocycles. The Morgan fingerprint density at radius 2 is 1.37 bits per heavy atom. The molecule has 3 rings (SSSR count). The van der Waals surface area contributed by atoms with Gasteiger partial charge in [-0.3, -0.25) is 0 Å². The summed E-state index contributed by atoms with van der Waals surface area (Å²) in [7, 11) is -0.918. The maximum Gasteiger partial charge on any atom is 0.337 e. The number of hydrogen-bond donors (Lipinski definition) is 0. The molecular weight excluding hydrogens is 402 g/mol. The average Bonchev–Trinajstić information content (AvgIpc) is 2.79. The van der Waals surface area contributed by atoms with Gasteiger partial charge in [0.15, 0.2) is 0 Å². The summed E-state index contributed by atoms with van der Waals surface area (Å²) in [5, 5.41) is 0. The van der Waals surface area contributed by atoms with Crippen molar-refractivity contribution in [2.45, 2.75) is 18.0 Å². The summed E-state index contributed by atoms with van der Waals surface area (Å²) >= 11 is 0. The van der Waals surface area contributed by atoms with Gasteiger partial charge in [-0.05, 0) is 47.5 Å². The van der Waals surface area contributed by atoms with E-state index in [0.29, 0.717) is 11.3 Å². The second-order valence-corrected chi connectivity index (χ2v) is 8.56. The Morgan fingerprint density at radius 3 is 1.90 bits per heavy atom. The summed E-state index contributed by atoms with van der Waals surface area (Å²) in [5.41, 5.74) is 2.05. The predicted molar refractivity (Wildman–Crippen MR) is 114 cm³/mol. The fourth-order valence-corrected chi connectivity index (χ4v) is 4.39. The lowest BCUT2D eigenvalue weighted by Gasteiger charge is -2.23. The standard InChI is InChI=1S/C23H23NO5S/c1-28-21-12-14-22(15-13-21)30(26,27)24(16-18-6-4-3-5-7-18)17-19-8-10-20(11-9-19)23(25)29-2/h3-15H,16-17H2,1-2H3. The van der Waals surface area contributed by atoms with Gasteiger partial charge in [0.2, 0.25) is 10.0 Å². The van der Waals surface area contributed by atoms with Crippen LogP contribution in [-0.4, -0.2) is 32.9 Å². The number of esters is 1. The Kier molecular flexibility index (Phi) is 6.87. The van der Waals surface area contributed by atoms with Crippen LogP contribution in [0.2, 0.25) is 0 Å². The molecule has 0 fully saturated rings. The predicted octanol–water partition coefficient (Wildman–Crippen LogP) is 3.87. The van der Waals surface area contributed by atoms with Crippen LogP contribution in [-0.2, 0) is 27.8 Å². The van der Waals surface area contributed by atoms with Gasteiger partial charge in [0.1, 0.15) is 5.75 Å². The number of benzene rings is 3. The van der Waals surface area contributed by atoms with E-state index in [1.165, 1.54) is 30.7 Å². The molecular formula is C23H23NO5S. The van der Waals surface area contributed by atoms with Crippen molar-refractivity contribution >= 4 is 16.0 Å². The maximum absolute atomic E-state index is 13.4. The SMILES string of the molecule is COC(=O)c1ccc(CN(Cc2ccccc2)S(=O)(=O)c2ccc(OC)cc2)cc1. The van der Waals surface area contributed by atoms with Crippen LogP contribution in [0.15, 0.2) is 83.8 Å². The van der Waals surface area contributed by atoms with Gasteiger partial charge in [-0.2, -0.15) is 4.31 Å². The van der Waals surface area contributed by atoms with E-state index in [0.717, 1.165) is 11.1 Å². The average molecular weight is 426 g/mol.